The number of hydrogen-bond donors (Lipinski definition) is 0. The van der Waals surface area contributed by atoms with E-state index < -0.39 is 0 Å². The predicted octanol–water partition coefficient (Wildman–Crippen LogP) is 5.30. The third-order valence-corrected chi connectivity index (χ3v) is 4.88. The van der Waals surface area contributed by atoms with Gasteiger partial charge in [0.05, 0.1) is 11.4 Å². The first kappa shape index (κ1) is 15.2. The lowest BCUT2D eigenvalue weighted by Gasteiger charge is -2.20. The molecule has 2 aromatic rings. The lowest BCUT2D eigenvalue weighted by molar-refractivity contribution is -0.111. The number of amides is 1. The van der Waals surface area contributed by atoms with Gasteiger partial charge in [0.25, 0.3) is 5.91 Å². The van der Waals surface area contributed by atoms with Crippen LogP contribution in [-0.2, 0) is 4.79 Å². The zero-order valence-electron chi connectivity index (χ0n) is 12.6. The van der Waals surface area contributed by atoms with Crippen molar-refractivity contribution in [3.05, 3.63) is 81.7 Å². The van der Waals surface area contributed by atoms with Crippen LogP contribution in [0.25, 0.3) is 0 Å². The van der Waals surface area contributed by atoms with Crippen LogP contribution in [0, 0.1) is 0 Å². The van der Waals surface area contributed by atoms with Crippen LogP contribution >= 0.6 is 23.4 Å². The standard InChI is InChI=1S/C19H13ClN2OS/c20-13-7-9-14(10-8-13)21-18-16-5-1-2-6-17(16)22(19(18)23)15-4-3-11-24-12-15/h1-3,5-12H,4H2. The van der Waals surface area contributed by atoms with Crippen molar-refractivity contribution in [3.63, 3.8) is 0 Å². The molecule has 0 fully saturated rings. The summed E-state index contributed by atoms with van der Waals surface area (Å²) >= 11 is 7.51. The average molecular weight is 353 g/mol. The maximum absolute atomic E-state index is 13.0. The fraction of sp³-hybridized carbons (Fsp3) is 0.0526. The highest BCUT2D eigenvalue weighted by Crippen LogP contribution is 2.36. The summed E-state index contributed by atoms with van der Waals surface area (Å²) in [6.45, 7) is 0. The zero-order valence-corrected chi connectivity index (χ0v) is 14.2. The van der Waals surface area contributed by atoms with Gasteiger partial charge < -0.3 is 0 Å². The van der Waals surface area contributed by atoms with E-state index in [0.717, 1.165) is 23.4 Å². The number of benzene rings is 2. The van der Waals surface area contributed by atoms with Crippen LogP contribution in [0.15, 0.2) is 76.1 Å². The quantitative estimate of drug-likeness (QED) is 0.734. The van der Waals surface area contributed by atoms with Crippen molar-refractivity contribution in [2.45, 2.75) is 6.42 Å². The fourth-order valence-electron chi connectivity index (χ4n) is 2.77. The van der Waals surface area contributed by atoms with Crippen LogP contribution in [-0.4, -0.2) is 11.6 Å². The van der Waals surface area contributed by atoms with Crippen molar-refractivity contribution in [1.29, 1.82) is 0 Å². The molecule has 0 atom stereocenters. The maximum atomic E-state index is 13.0. The number of fused-ring (bicyclic) bond motifs is 1. The molecule has 4 rings (SSSR count). The minimum absolute atomic E-state index is 0.0895. The van der Waals surface area contributed by atoms with E-state index in [1.165, 1.54) is 0 Å². The molecule has 3 nitrogen and oxygen atoms in total. The summed E-state index contributed by atoms with van der Waals surface area (Å²) in [7, 11) is 0. The molecule has 0 N–H and O–H groups in total. The summed E-state index contributed by atoms with van der Waals surface area (Å²) in [5.41, 5.74) is 3.90. The van der Waals surface area contributed by atoms with Crippen molar-refractivity contribution in [3.8, 4) is 0 Å². The van der Waals surface area contributed by atoms with Crippen LogP contribution in [0.4, 0.5) is 11.4 Å². The number of nitrogens with zero attached hydrogens (tertiary/aromatic N) is 2. The molecule has 2 aromatic carbocycles. The Morgan fingerprint density at radius 1 is 1.08 bits per heavy atom. The first-order valence-corrected chi connectivity index (χ1v) is 8.84. The zero-order chi connectivity index (χ0) is 16.5. The van der Waals surface area contributed by atoms with Crippen molar-refractivity contribution in [1.82, 2.24) is 0 Å². The van der Waals surface area contributed by atoms with E-state index >= 15 is 0 Å². The number of carbonyl (C=O) groups excluding carboxylic acids is 1. The Hall–Kier alpha value is -2.30. The van der Waals surface area contributed by atoms with E-state index in [-0.39, 0.29) is 5.91 Å². The molecule has 24 heavy (non-hydrogen) atoms. The molecule has 5 heteroatoms. The van der Waals surface area contributed by atoms with Gasteiger partial charge in [-0.3, -0.25) is 9.69 Å². The van der Waals surface area contributed by atoms with E-state index in [1.807, 2.05) is 47.2 Å². The van der Waals surface area contributed by atoms with Gasteiger partial charge in [0.15, 0.2) is 0 Å². The lowest BCUT2D eigenvalue weighted by Crippen LogP contribution is -2.29. The Bertz CT molecular complexity index is 900. The Kier molecular flexibility index (Phi) is 4.00. The molecule has 0 unspecified atom stereocenters. The molecule has 2 aliphatic heterocycles. The van der Waals surface area contributed by atoms with Crippen molar-refractivity contribution in [2.24, 2.45) is 4.99 Å². The second-order valence-corrected chi connectivity index (χ2v) is 6.63. The van der Waals surface area contributed by atoms with Gasteiger partial charge in [0.2, 0.25) is 0 Å². The van der Waals surface area contributed by atoms with Gasteiger partial charge in [-0.15, -0.1) is 11.8 Å². The van der Waals surface area contributed by atoms with E-state index in [9.17, 15) is 4.79 Å². The van der Waals surface area contributed by atoms with E-state index in [4.69, 9.17) is 11.6 Å². The number of halogens is 1. The summed E-state index contributed by atoms with van der Waals surface area (Å²) in [4.78, 5) is 19.4. The maximum Gasteiger partial charge on any atom is 0.281 e. The Morgan fingerprint density at radius 3 is 2.62 bits per heavy atom. The summed E-state index contributed by atoms with van der Waals surface area (Å²) in [6.07, 6.45) is 2.80. The molecule has 0 radical (unpaired) electrons. The van der Waals surface area contributed by atoms with Crippen LogP contribution < -0.4 is 4.90 Å². The smallest absolute Gasteiger partial charge is 0.278 e. The van der Waals surface area contributed by atoms with Crippen LogP contribution in [0.5, 0.6) is 0 Å². The normalized spacial score (nSPS) is 18.0. The van der Waals surface area contributed by atoms with Crippen LogP contribution in [0.2, 0.25) is 5.02 Å². The molecule has 0 aromatic heterocycles. The van der Waals surface area contributed by atoms with Crippen molar-refractivity contribution in [2.75, 3.05) is 4.90 Å². The van der Waals surface area contributed by atoms with Crippen LogP contribution in [0.3, 0.4) is 0 Å². The molecule has 0 saturated heterocycles. The summed E-state index contributed by atoms with van der Waals surface area (Å²) in [5, 5.41) is 4.69. The Labute approximate surface area is 149 Å². The molecule has 118 valence electrons. The van der Waals surface area contributed by atoms with Gasteiger partial charge in [0.1, 0.15) is 5.71 Å². The van der Waals surface area contributed by atoms with E-state index in [1.54, 1.807) is 28.8 Å². The molecule has 2 heterocycles. The predicted molar refractivity (Wildman–Crippen MR) is 101 cm³/mol. The van der Waals surface area contributed by atoms with Gasteiger partial charge in [-0.05, 0) is 41.1 Å². The first-order valence-electron chi connectivity index (χ1n) is 7.52. The van der Waals surface area contributed by atoms with Gasteiger partial charge in [0, 0.05) is 22.7 Å². The van der Waals surface area contributed by atoms with Gasteiger partial charge in [-0.1, -0.05) is 35.9 Å². The largest absolute Gasteiger partial charge is 0.281 e. The average Bonchev–Trinajstić information content (AvgIpc) is 2.90. The Balaban J connectivity index is 1.80. The number of allylic oxidation sites excluding steroid dienone is 1. The highest BCUT2D eigenvalue weighted by molar-refractivity contribution is 8.05. The molecule has 0 spiro atoms. The molecular weight excluding hydrogens is 340 g/mol. The third kappa shape index (κ3) is 2.68. The van der Waals surface area contributed by atoms with Gasteiger partial charge in [-0.2, -0.15) is 0 Å². The fourth-order valence-corrected chi connectivity index (χ4v) is 3.54. The van der Waals surface area contributed by atoms with E-state index in [0.29, 0.717) is 16.4 Å². The van der Waals surface area contributed by atoms with Gasteiger partial charge in [-0.25, -0.2) is 4.99 Å². The van der Waals surface area contributed by atoms with Crippen molar-refractivity contribution >= 4 is 46.4 Å². The van der Waals surface area contributed by atoms with E-state index in [2.05, 4.69) is 11.1 Å². The number of aliphatic imine (C=N–C) groups is 1. The number of carbonyl (C=O) groups is 1. The summed E-state index contributed by atoms with van der Waals surface area (Å²) in [6, 6.07) is 14.9. The molecule has 1 amide bonds. The second-order valence-electron chi connectivity index (χ2n) is 5.42. The first-order chi connectivity index (χ1) is 11.7. The minimum Gasteiger partial charge on any atom is -0.278 e. The number of anilines is 1. The minimum atomic E-state index is -0.0895. The molecule has 2 aliphatic rings. The second kappa shape index (κ2) is 6.30. The Morgan fingerprint density at radius 2 is 1.88 bits per heavy atom. The molecule has 0 aliphatic carbocycles. The van der Waals surface area contributed by atoms with Crippen LogP contribution in [0.1, 0.15) is 12.0 Å². The number of para-hydroxylation sites is 1. The molecule has 0 bridgehead atoms. The third-order valence-electron chi connectivity index (χ3n) is 3.87. The highest BCUT2D eigenvalue weighted by Gasteiger charge is 2.35. The summed E-state index contributed by atoms with van der Waals surface area (Å²) < 4.78 is 0. The monoisotopic (exact) mass is 352 g/mol. The number of rotatable bonds is 2. The van der Waals surface area contributed by atoms with Gasteiger partial charge >= 0.3 is 0 Å². The molecule has 0 saturated carbocycles. The number of thioether (sulfide) groups is 1. The highest BCUT2D eigenvalue weighted by atomic mass is 35.5. The molecular formula is C19H13ClN2OS. The summed E-state index contributed by atoms with van der Waals surface area (Å²) in [5.74, 6) is -0.0895. The lowest BCUT2D eigenvalue weighted by atomic mass is 10.1. The topological polar surface area (TPSA) is 32.7 Å². The number of hydrogen-bond acceptors (Lipinski definition) is 3. The SMILES string of the molecule is O=C1C(=Nc2ccc(Cl)cc2)c2ccccc2N1C1=CSC=CC1. The van der Waals surface area contributed by atoms with Crippen molar-refractivity contribution < 1.29 is 4.79 Å².